The Morgan fingerprint density at radius 2 is 1.93 bits per heavy atom. The number of pyridine rings is 1. The Hall–Kier alpha value is -3.50. The van der Waals surface area contributed by atoms with Gasteiger partial charge in [-0.15, -0.1) is 11.3 Å². The van der Waals surface area contributed by atoms with Crippen LogP contribution < -0.4 is 10.3 Å². The Morgan fingerprint density at radius 1 is 1.14 bits per heavy atom. The Morgan fingerprint density at radius 3 is 2.67 bits per heavy atom. The van der Waals surface area contributed by atoms with E-state index in [1.807, 2.05) is 6.07 Å². The predicted molar refractivity (Wildman–Crippen MR) is 150 cm³/mol. The van der Waals surface area contributed by atoms with Crippen LogP contribution in [0.3, 0.4) is 0 Å². The minimum absolute atomic E-state index is 0.0166. The van der Waals surface area contributed by atoms with E-state index in [2.05, 4.69) is 9.82 Å². The highest BCUT2D eigenvalue weighted by atomic mass is 32.2. The molecule has 3 aliphatic heterocycles. The number of halogens is 3. The van der Waals surface area contributed by atoms with E-state index < -0.39 is 33.8 Å². The van der Waals surface area contributed by atoms with Gasteiger partial charge in [0.2, 0.25) is 11.8 Å². The number of thiophene rings is 1. The molecule has 1 unspecified atom stereocenters. The smallest absolute Gasteiger partial charge is 0.340 e. The molecule has 1 N–H and O–H groups in total. The van der Waals surface area contributed by atoms with Gasteiger partial charge in [-0.3, -0.25) is 19.1 Å². The summed E-state index contributed by atoms with van der Waals surface area (Å²) < 4.78 is 70.6. The van der Waals surface area contributed by atoms with Crippen LogP contribution in [0.4, 0.5) is 13.2 Å². The number of amides is 2. The number of likely N-dealkylation sites (tertiary alicyclic amines) is 2. The first-order valence-electron chi connectivity index (χ1n) is 13.8. The van der Waals surface area contributed by atoms with Gasteiger partial charge < -0.3 is 14.4 Å². The van der Waals surface area contributed by atoms with Gasteiger partial charge in [0.15, 0.2) is 0 Å². The SMILES string of the molecule is Cn1nc(-c2ccc(S(=O)(=O)N[C@H]3CCCN(CC(=O)N4CC5C[C@@H](C4)Cn4c5cccc4=O)C3=O)s2)cc1C(F)(F)F. The van der Waals surface area contributed by atoms with Gasteiger partial charge in [-0.1, -0.05) is 6.07 Å². The maximum absolute atomic E-state index is 13.3. The summed E-state index contributed by atoms with van der Waals surface area (Å²) in [6.45, 7) is 1.60. The molecule has 16 heteroatoms. The molecule has 2 saturated heterocycles. The summed E-state index contributed by atoms with van der Waals surface area (Å²) >= 11 is 0.749. The summed E-state index contributed by atoms with van der Waals surface area (Å²) in [6.07, 6.45) is -3.00. The third-order valence-corrected chi connectivity index (χ3v) is 11.3. The van der Waals surface area contributed by atoms with Crippen molar-refractivity contribution in [1.29, 1.82) is 0 Å². The number of rotatable bonds is 6. The molecule has 0 radical (unpaired) electrons. The van der Waals surface area contributed by atoms with Gasteiger partial charge in [-0.25, -0.2) is 8.42 Å². The summed E-state index contributed by atoms with van der Waals surface area (Å²) in [5.41, 5.74) is -0.123. The van der Waals surface area contributed by atoms with E-state index in [1.165, 1.54) is 23.1 Å². The molecule has 0 saturated carbocycles. The van der Waals surface area contributed by atoms with Crippen LogP contribution in [0.1, 0.15) is 36.6 Å². The highest BCUT2D eigenvalue weighted by molar-refractivity contribution is 7.91. The number of alkyl halides is 3. The van der Waals surface area contributed by atoms with Crippen LogP contribution in [-0.2, 0) is 39.4 Å². The molecule has 230 valence electrons. The number of sulfonamides is 1. The molecule has 2 fully saturated rings. The Kier molecular flexibility index (Phi) is 7.49. The van der Waals surface area contributed by atoms with Crippen LogP contribution in [0.15, 0.2) is 45.4 Å². The number of nitrogens with one attached hydrogen (secondary N) is 1. The van der Waals surface area contributed by atoms with Gasteiger partial charge in [0.05, 0.1) is 11.4 Å². The zero-order chi connectivity index (χ0) is 30.7. The van der Waals surface area contributed by atoms with E-state index in [1.54, 1.807) is 15.5 Å². The topological polar surface area (TPSA) is 127 Å². The van der Waals surface area contributed by atoms with Crippen molar-refractivity contribution in [3.63, 3.8) is 0 Å². The van der Waals surface area contributed by atoms with Crippen LogP contribution >= 0.6 is 11.3 Å². The van der Waals surface area contributed by atoms with Gasteiger partial charge in [-0.2, -0.15) is 23.0 Å². The number of fused-ring (bicyclic) bond motifs is 4. The van der Waals surface area contributed by atoms with Crippen LogP contribution in [0.2, 0.25) is 0 Å². The van der Waals surface area contributed by atoms with Crippen molar-refractivity contribution in [2.45, 2.75) is 48.2 Å². The largest absolute Gasteiger partial charge is 0.433 e. The molecule has 43 heavy (non-hydrogen) atoms. The number of piperidine rings is 2. The molecule has 3 aliphatic rings. The van der Waals surface area contributed by atoms with Crippen LogP contribution in [0.25, 0.3) is 10.6 Å². The van der Waals surface area contributed by atoms with Crippen molar-refractivity contribution >= 4 is 33.2 Å². The number of hydrogen-bond donors (Lipinski definition) is 1. The lowest BCUT2D eigenvalue weighted by Gasteiger charge is -2.43. The molecule has 0 aliphatic carbocycles. The molecule has 0 spiro atoms. The first kappa shape index (κ1) is 29.6. The highest BCUT2D eigenvalue weighted by Crippen LogP contribution is 2.36. The van der Waals surface area contributed by atoms with E-state index in [9.17, 15) is 36.0 Å². The second-order valence-electron chi connectivity index (χ2n) is 11.2. The predicted octanol–water partition coefficient (Wildman–Crippen LogP) is 2.24. The van der Waals surface area contributed by atoms with Crippen molar-refractivity contribution in [2.75, 3.05) is 26.2 Å². The first-order valence-corrected chi connectivity index (χ1v) is 16.1. The fourth-order valence-corrected chi connectivity index (χ4v) is 8.77. The van der Waals surface area contributed by atoms with E-state index in [0.29, 0.717) is 37.3 Å². The molecule has 3 aromatic heterocycles. The van der Waals surface area contributed by atoms with Gasteiger partial charge in [-0.05, 0) is 49.4 Å². The van der Waals surface area contributed by atoms with E-state index >= 15 is 0 Å². The minimum atomic E-state index is -4.61. The number of hydrogen-bond acceptors (Lipinski definition) is 7. The number of aryl methyl sites for hydroxylation is 1. The Balaban J connectivity index is 1.11. The van der Waals surface area contributed by atoms with Crippen LogP contribution in [0, 0.1) is 5.92 Å². The first-order chi connectivity index (χ1) is 20.3. The Bertz CT molecular complexity index is 1750. The zero-order valence-electron chi connectivity index (χ0n) is 23.1. The number of aromatic nitrogens is 3. The zero-order valence-corrected chi connectivity index (χ0v) is 24.7. The second-order valence-corrected chi connectivity index (χ2v) is 14.3. The standard InChI is InChI=1S/C27H29F3N6O5S2/c1-33-22(27(28,29)30)11-19(31-33)21-7-8-25(42-21)43(40,41)32-18-4-3-9-34(26(18)39)15-24(38)35-12-16-10-17(14-35)20-5-2-6-23(37)36(20)13-16/h2,5-8,11,16-18,32H,3-4,9-10,12-15H2,1H3/t16-,17?,18-/m0/s1. The number of nitrogens with zero attached hydrogens (tertiary/aromatic N) is 5. The van der Waals surface area contributed by atoms with Gasteiger partial charge in [0, 0.05) is 50.9 Å². The summed E-state index contributed by atoms with van der Waals surface area (Å²) in [6, 6.07) is 7.57. The minimum Gasteiger partial charge on any atom is -0.340 e. The second kappa shape index (κ2) is 10.9. The molecule has 6 rings (SSSR count). The van der Waals surface area contributed by atoms with E-state index in [0.717, 1.165) is 36.6 Å². The average Bonchev–Trinajstić information content (AvgIpc) is 3.59. The van der Waals surface area contributed by atoms with Gasteiger partial charge in [0.25, 0.3) is 15.6 Å². The molecular formula is C27H29F3N6O5S2. The van der Waals surface area contributed by atoms with E-state index in [-0.39, 0.29) is 51.0 Å². The monoisotopic (exact) mass is 638 g/mol. The van der Waals surface area contributed by atoms with Crippen LogP contribution in [-0.4, -0.2) is 76.6 Å². The van der Waals surface area contributed by atoms with Crippen molar-refractivity contribution in [3.05, 3.63) is 58.1 Å². The molecule has 11 nitrogen and oxygen atoms in total. The molecular weight excluding hydrogens is 609 g/mol. The molecule has 3 atom stereocenters. The van der Waals surface area contributed by atoms with Crippen molar-refractivity contribution in [2.24, 2.45) is 13.0 Å². The lowest BCUT2D eigenvalue weighted by Crippen LogP contribution is -2.56. The molecule has 2 amide bonds. The lowest BCUT2D eigenvalue weighted by atomic mass is 9.83. The summed E-state index contributed by atoms with van der Waals surface area (Å²) in [5.74, 6) is -0.569. The summed E-state index contributed by atoms with van der Waals surface area (Å²) in [4.78, 5) is 42.2. The maximum Gasteiger partial charge on any atom is 0.433 e. The van der Waals surface area contributed by atoms with Crippen LogP contribution in [0.5, 0.6) is 0 Å². The van der Waals surface area contributed by atoms with Gasteiger partial charge in [0.1, 0.15) is 21.6 Å². The third-order valence-electron chi connectivity index (χ3n) is 8.26. The summed E-state index contributed by atoms with van der Waals surface area (Å²) in [5, 5.41) is 3.86. The molecule has 0 aromatic carbocycles. The van der Waals surface area contributed by atoms with E-state index in [4.69, 9.17) is 0 Å². The quantitative estimate of drug-likeness (QED) is 0.442. The number of carbonyl (C=O) groups excluding carboxylic acids is 2. The highest BCUT2D eigenvalue weighted by Gasteiger charge is 2.39. The summed E-state index contributed by atoms with van der Waals surface area (Å²) in [7, 11) is -3.03. The Labute approximate surface area is 248 Å². The average molecular weight is 639 g/mol. The van der Waals surface area contributed by atoms with Crippen molar-refractivity contribution < 1.29 is 31.2 Å². The maximum atomic E-state index is 13.3. The fraction of sp³-hybridized carbons (Fsp3) is 0.481. The molecule has 3 aromatic rings. The molecule has 2 bridgehead atoms. The van der Waals surface area contributed by atoms with Crippen molar-refractivity contribution in [3.8, 4) is 10.6 Å². The normalized spacial score (nSPS) is 22.5. The number of carbonyl (C=O) groups is 2. The lowest BCUT2D eigenvalue weighted by molar-refractivity contribution is -0.144. The third kappa shape index (κ3) is 5.74. The van der Waals surface area contributed by atoms with Crippen molar-refractivity contribution in [1.82, 2.24) is 28.9 Å². The van der Waals surface area contributed by atoms with Gasteiger partial charge >= 0.3 is 6.18 Å². The fourth-order valence-electron chi connectivity index (χ4n) is 6.27. The molecule has 6 heterocycles.